The number of likely N-dealkylation sites (tertiary alicyclic amines) is 2. The van der Waals surface area contributed by atoms with Gasteiger partial charge in [-0.3, -0.25) is 14.4 Å². The highest BCUT2D eigenvalue weighted by molar-refractivity contribution is 7.17. The van der Waals surface area contributed by atoms with E-state index in [1.54, 1.807) is 16.7 Å². The highest BCUT2D eigenvalue weighted by atomic mass is 32.1. The number of halogens is 3. The van der Waals surface area contributed by atoms with E-state index in [0.717, 1.165) is 24.2 Å². The number of nitrogens with zero attached hydrogens (tertiary/aromatic N) is 4. The zero-order chi connectivity index (χ0) is 27.8. The third-order valence-corrected chi connectivity index (χ3v) is 8.07. The summed E-state index contributed by atoms with van der Waals surface area (Å²) in [7, 11) is 0. The van der Waals surface area contributed by atoms with E-state index < -0.39 is 18.1 Å². The molecule has 0 unspecified atom stereocenters. The Kier molecular flexibility index (Phi) is 7.96. The molecule has 206 valence electrons. The fourth-order valence-electron chi connectivity index (χ4n) is 4.66. The monoisotopic (exact) mass is 552 g/mol. The summed E-state index contributed by atoms with van der Waals surface area (Å²) in [6.45, 7) is 7.97. The number of nitrogens with one attached hydrogen (secondary N) is 2. The standard InChI is InChI=1S/C25H31F3N6O3S/c1-5-18(25(26,27)28)31-19-9-13(2)17(10-29-19)21-20(24(37)34-8-6-7-14(34)3)32-23(38-21)22(36)30-16-11-33(12-16)15(4)35/h9-10,14,16,18H,5-8,11-12H2,1-4H3,(H,29,31)(H,30,36)/t14-,18-/m0/s1. The van der Waals surface area contributed by atoms with Gasteiger partial charge in [0, 0.05) is 44.4 Å². The number of carbonyl (C=O) groups excluding carboxylic acids is 3. The van der Waals surface area contributed by atoms with E-state index in [-0.39, 0.29) is 46.8 Å². The second kappa shape index (κ2) is 10.9. The Labute approximate surface area is 222 Å². The molecular formula is C25H31F3N6O3S. The van der Waals surface area contributed by atoms with Crippen LogP contribution < -0.4 is 10.6 Å². The fourth-order valence-corrected chi connectivity index (χ4v) is 5.69. The first-order valence-electron chi connectivity index (χ1n) is 12.6. The average Bonchev–Trinajstić information content (AvgIpc) is 3.44. The molecule has 0 bridgehead atoms. The molecule has 4 heterocycles. The second-order valence-corrected chi connectivity index (χ2v) is 10.8. The molecular weight excluding hydrogens is 521 g/mol. The Hall–Kier alpha value is -3.22. The van der Waals surface area contributed by atoms with E-state index in [0.29, 0.717) is 35.6 Å². The van der Waals surface area contributed by atoms with Crippen LogP contribution in [-0.2, 0) is 4.79 Å². The zero-order valence-corrected chi connectivity index (χ0v) is 22.5. The molecule has 13 heteroatoms. The van der Waals surface area contributed by atoms with Gasteiger partial charge in [-0.2, -0.15) is 13.2 Å². The van der Waals surface area contributed by atoms with E-state index >= 15 is 0 Å². The molecule has 9 nitrogen and oxygen atoms in total. The van der Waals surface area contributed by atoms with Crippen LogP contribution in [0.4, 0.5) is 19.0 Å². The van der Waals surface area contributed by atoms with Crippen LogP contribution in [0, 0.1) is 6.92 Å². The van der Waals surface area contributed by atoms with Crippen molar-refractivity contribution in [3.63, 3.8) is 0 Å². The molecule has 3 amide bonds. The molecule has 2 aromatic rings. The smallest absolute Gasteiger partial charge is 0.359 e. The van der Waals surface area contributed by atoms with Crippen molar-refractivity contribution in [2.75, 3.05) is 25.0 Å². The Morgan fingerprint density at radius 2 is 1.97 bits per heavy atom. The maximum Gasteiger partial charge on any atom is 0.408 e. The summed E-state index contributed by atoms with van der Waals surface area (Å²) >= 11 is 1.04. The number of thiazole rings is 1. The van der Waals surface area contributed by atoms with Gasteiger partial charge in [0.2, 0.25) is 5.91 Å². The highest BCUT2D eigenvalue weighted by Crippen LogP contribution is 2.36. The lowest BCUT2D eigenvalue weighted by Gasteiger charge is -2.38. The molecule has 2 atom stereocenters. The summed E-state index contributed by atoms with van der Waals surface area (Å²) in [5.74, 6) is -0.741. The van der Waals surface area contributed by atoms with Crippen molar-refractivity contribution in [3.05, 3.63) is 28.5 Å². The second-order valence-electron chi connectivity index (χ2n) is 9.81. The molecule has 2 aliphatic heterocycles. The van der Waals surface area contributed by atoms with Crippen LogP contribution >= 0.6 is 11.3 Å². The van der Waals surface area contributed by atoms with Gasteiger partial charge in [0.1, 0.15) is 17.6 Å². The highest BCUT2D eigenvalue weighted by Gasteiger charge is 2.39. The summed E-state index contributed by atoms with van der Waals surface area (Å²) in [6.07, 6.45) is -1.43. The molecule has 2 fully saturated rings. The molecule has 38 heavy (non-hydrogen) atoms. The van der Waals surface area contributed by atoms with Crippen molar-refractivity contribution >= 4 is 34.9 Å². The molecule has 0 saturated carbocycles. The van der Waals surface area contributed by atoms with Gasteiger partial charge >= 0.3 is 6.18 Å². The van der Waals surface area contributed by atoms with Gasteiger partial charge in [-0.1, -0.05) is 6.92 Å². The predicted molar refractivity (Wildman–Crippen MR) is 137 cm³/mol. The number of anilines is 1. The Bertz CT molecular complexity index is 1230. The van der Waals surface area contributed by atoms with Crippen molar-refractivity contribution < 1.29 is 27.6 Å². The minimum atomic E-state index is -4.42. The summed E-state index contributed by atoms with van der Waals surface area (Å²) in [5, 5.41) is 5.38. The van der Waals surface area contributed by atoms with Crippen molar-refractivity contribution in [2.24, 2.45) is 0 Å². The molecule has 0 radical (unpaired) electrons. The molecule has 0 aromatic carbocycles. The van der Waals surface area contributed by atoms with Gasteiger partial charge in [-0.15, -0.1) is 11.3 Å². The lowest BCUT2D eigenvalue weighted by molar-refractivity contribution is -0.143. The molecule has 2 saturated heterocycles. The number of aryl methyl sites for hydroxylation is 1. The van der Waals surface area contributed by atoms with Crippen LogP contribution in [0.3, 0.4) is 0 Å². The van der Waals surface area contributed by atoms with Crippen LogP contribution in [0.5, 0.6) is 0 Å². The van der Waals surface area contributed by atoms with Crippen LogP contribution in [0.15, 0.2) is 12.3 Å². The zero-order valence-electron chi connectivity index (χ0n) is 21.7. The number of hydrogen-bond acceptors (Lipinski definition) is 7. The van der Waals surface area contributed by atoms with Gasteiger partial charge < -0.3 is 20.4 Å². The van der Waals surface area contributed by atoms with E-state index in [1.807, 2.05) is 6.92 Å². The minimum Gasteiger partial charge on any atom is -0.359 e. The van der Waals surface area contributed by atoms with Gasteiger partial charge in [0.25, 0.3) is 11.8 Å². The fraction of sp³-hybridized carbons (Fsp3) is 0.560. The maximum atomic E-state index is 13.5. The Balaban J connectivity index is 1.63. The topological polar surface area (TPSA) is 108 Å². The van der Waals surface area contributed by atoms with Gasteiger partial charge in [-0.25, -0.2) is 9.97 Å². The third-order valence-electron chi connectivity index (χ3n) is 6.98. The lowest BCUT2D eigenvalue weighted by Crippen LogP contribution is -2.60. The number of rotatable bonds is 7. The van der Waals surface area contributed by atoms with Crippen LogP contribution in [0.2, 0.25) is 0 Å². The van der Waals surface area contributed by atoms with Crippen molar-refractivity contribution in [3.8, 4) is 10.4 Å². The van der Waals surface area contributed by atoms with Crippen molar-refractivity contribution in [1.29, 1.82) is 0 Å². The van der Waals surface area contributed by atoms with E-state index in [1.165, 1.54) is 26.1 Å². The number of hydrogen-bond donors (Lipinski definition) is 2. The van der Waals surface area contributed by atoms with Crippen LogP contribution in [-0.4, -0.2) is 81.4 Å². The summed E-state index contributed by atoms with van der Waals surface area (Å²) in [5.41, 5.74) is 1.24. The maximum absolute atomic E-state index is 13.5. The molecule has 4 rings (SSSR count). The molecule has 2 aliphatic rings. The first kappa shape index (κ1) is 27.8. The normalized spacial score (nSPS) is 18.8. The molecule has 2 aromatic heterocycles. The lowest BCUT2D eigenvalue weighted by atomic mass is 10.1. The number of alkyl halides is 3. The summed E-state index contributed by atoms with van der Waals surface area (Å²) in [4.78, 5) is 50.3. The summed E-state index contributed by atoms with van der Waals surface area (Å²) in [6, 6.07) is -0.412. The minimum absolute atomic E-state index is 0.0287. The van der Waals surface area contributed by atoms with E-state index in [2.05, 4.69) is 20.6 Å². The van der Waals surface area contributed by atoms with Crippen molar-refractivity contribution in [1.82, 2.24) is 25.1 Å². The number of aromatic nitrogens is 2. The van der Waals surface area contributed by atoms with Gasteiger partial charge in [0.15, 0.2) is 5.01 Å². The first-order valence-corrected chi connectivity index (χ1v) is 13.4. The molecule has 0 spiro atoms. The quantitative estimate of drug-likeness (QED) is 0.541. The average molecular weight is 553 g/mol. The SMILES string of the molecule is CC[C@H](Nc1cc(C)c(-c2sc(C(=O)NC3CN(C(C)=O)C3)nc2C(=O)N2CCC[C@@H]2C)cn1)C(F)(F)F. The largest absolute Gasteiger partial charge is 0.408 e. The van der Waals surface area contributed by atoms with Gasteiger partial charge in [-0.05, 0) is 44.7 Å². The third kappa shape index (κ3) is 5.77. The molecule has 2 N–H and O–H groups in total. The number of pyridine rings is 1. The number of carbonyl (C=O) groups is 3. The molecule has 0 aliphatic carbocycles. The van der Waals surface area contributed by atoms with Crippen molar-refractivity contribution in [2.45, 2.75) is 71.3 Å². The number of amides is 3. The van der Waals surface area contributed by atoms with E-state index in [4.69, 9.17) is 0 Å². The Morgan fingerprint density at radius 1 is 1.26 bits per heavy atom. The Morgan fingerprint density at radius 3 is 2.53 bits per heavy atom. The van der Waals surface area contributed by atoms with Crippen LogP contribution in [0.25, 0.3) is 10.4 Å². The van der Waals surface area contributed by atoms with E-state index in [9.17, 15) is 27.6 Å². The van der Waals surface area contributed by atoms with Crippen LogP contribution in [0.1, 0.15) is 65.9 Å². The predicted octanol–water partition coefficient (Wildman–Crippen LogP) is 3.85. The first-order chi connectivity index (χ1) is 17.9. The van der Waals surface area contributed by atoms with Gasteiger partial charge in [0.05, 0.1) is 10.9 Å². The summed E-state index contributed by atoms with van der Waals surface area (Å²) < 4.78 is 39.7.